The molecule has 1 fully saturated rings. The first kappa shape index (κ1) is 19.3. The molecule has 31 heavy (non-hydrogen) atoms. The van der Waals surface area contributed by atoms with Crippen LogP contribution in [-0.2, 0) is 22.4 Å². The number of aromatic nitrogens is 3. The van der Waals surface area contributed by atoms with E-state index in [2.05, 4.69) is 32.6 Å². The Hall–Kier alpha value is -3.68. The zero-order valence-corrected chi connectivity index (χ0v) is 17.2. The van der Waals surface area contributed by atoms with Crippen LogP contribution in [-0.4, -0.2) is 46.4 Å². The van der Waals surface area contributed by atoms with Gasteiger partial charge in [-0.05, 0) is 49.1 Å². The number of aryl methyl sites for hydroxylation is 1. The van der Waals surface area contributed by atoms with Crippen molar-refractivity contribution in [1.82, 2.24) is 20.5 Å². The molecule has 0 saturated carbocycles. The number of ether oxygens (including phenoxy) is 1. The van der Waals surface area contributed by atoms with Crippen LogP contribution >= 0.6 is 0 Å². The number of pyridine rings is 1. The third kappa shape index (κ3) is 3.65. The summed E-state index contributed by atoms with van der Waals surface area (Å²) in [5.41, 5.74) is 7.39. The van der Waals surface area contributed by atoms with E-state index in [1.807, 2.05) is 18.2 Å². The quantitative estimate of drug-likeness (QED) is 0.680. The number of carbonyl (C=O) groups is 2. The van der Waals surface area contributed by atoms with Crippen molar-refractivity contribution in [3.8, 4) is 22.5 Å². The lowest BCUT2D eigenvalue weighted by Crippen LogP contribution is -2.33. The van der Waals surface area contributed by atoms with Crippen LogP contribution in [0.1, 0.15) is 24.5 Å². The fourth-order valence-electron chi connectivity index (χ4n) is 4.33. The van der Waals surface area contributed by atoms with E-state index >= 15 is 0 Å². The van der Waals surface area contributed by atoms with Gasteiger partial charge in [-0.1, -0.05) is 6.07 Å². The van der Waals surface area contributed by atoms with E-state index in [1.165, 1.54) is 18.1 Å². The van der Waals surface area contributed by atoms with Gasteiger partial charge >= 0.3 is 6.09 Å². The largest absolute Gasteiger partial charge is 0.442 e. The molecule has 8 nitrogen and oxygen atoms in total. The maximum Gasteiger partial charge on any atom is 0.414 e. The summed E-state index contributed by atoms with van der Waals surface area (Å²) in [4.78, 5) is 29.3. The predicted molar refractivity (Wildman–Crippen MR) is 116 cm³/mol. The van der Waals surface area contributed by atoms with E-state index in [9.17, 15) is 9.59 Å². The molecule has 3 aromatic rings. The summed E-state index contributed by atoms with van der Waals surface area (Å²) in [6, 6.07) is 10.0. The number of hydrogen-bond donors (Lipinski definition) is 2. The summed E-state index contributed by atoms with van der Waals surface area (Å²) < 4.78 is 5.41. The van der Waals surface area contributed by atoms with Crippen LogP contribution in [0.3, 0.4) is 0 Å². The van der Waals surface area contributed by atoms with Crippen molar-refractivity contribution in [2.45, 2.75) is 32.3 Å². The number of nitrogens with one attached hydrogen (secondary N) is 2. The molecule has 2 aliphatic rings. The molecule has 0 spiro atoms. The van der Waals surface area contributed by atoms with E-state index in [4.69, 9.17) is 4.74 Å². The number of nitrogens with zero attached hydrogens (tertiary/aromatic N) is 3. The highest BCUT2D eigenvalue weighted by molar-refractivity contribution is 5.91. The second kappa shape index (κ2) is 7.86. The maximum absolute atomic E-state index is 12.4. The second-order valence-electron chi connectivity index (χ2n) is 7.91. The van der Waals surface area contributed by atoms with Crippen LogP contribution in [0.4, 0.5) is 10.5 Å². The first-order valence-corrected chi connectivity index (χ1v) is 10.4. The van der Waals surface area contributed by atoms with Crippen molar-refractivity contribution in [2.75, 3.05) is 18.0 Å². The summed E-state index contributed by atoms with van der Waals surface area (Å²) in [5, 5.41) is 10.5. The van der Waals surface area contributed by atoms with Gasteiger partial charge in [0, 0.05) is 41.7 Å². The molecule has 1 aliphatic heterocycles. The summed E-state index contributed by atoms with van der Waals surface area (Å²) in [6.07, 6.45) is 5.67. The van der Waals surface area contributed by atoms with Gasteiger partial charge in [0.05, 0.1) is 24.5 Å². The number of H-pyrrole nitrogens is 1. The lowest BCUT2D eigenvalue weighted by atomic mass is 9.99. The number of anilines is 1. The molecule has 1 aromatic carbocycles. The molecule has 2 N–H and O–H groups in total. The normalized spacial score (nSPS) is 17.5. The topological polar surface area (TPSA) is 100 Å². The molecule has 1 saturated heterocycles. The van der Waals surface area contributed by atoms with Crippen LogP contribution in [0.25, 0.3) is 22.5 Å². The van der Waals surface area contributed by atoms with E-state index < -0.39 is 0 Å². The average molecular weight is 417 g/mol. The molecule has 1 atom stereocenters. The molecule has 8 heteroatoms. The van der Waals surface area contributed by atoms with Gasteiger partial charge in [0.25, 0.3) is 0 Å². The molecule has 5 rings (SSSR count). The number of amides is 2. The lowest BCUT2D eigenvalue weighted by molar-refractivity contribution is -0.119. The van der Waals surface area contributed by atoms with Crippen molar-refractivity contribution in [1.29, 1.82) is 0 Å². The van der Waals surface area contributed by atoms with Gasteiger partial charge in [-0.25, -0.2) is 4.79 Å². The molecule has 1 unspecified atom stereocenters. The average Bonchev–Trinajstić information content (AvgIpc) is 3.31. The summed E-state index contributed by atoms with van der Waals surface area (Å²) in [6.45, 7) is 2.18. The number of hydrogen-bond acceptors (Lipinski definition) is 5. The Labute approximate surface area is 179 Å². The Balaban J connectivity index is 1.43. The van der Waals surface area contributed by atoms with Crippen LogP contribution in [0, 0.1) is 0 Å². The Morgan fingerprint density at radius 1 is 1.26 bits per heavy atom. The minimum absolute atomic E-state index is 0.138. The predicted octanol–water partition coefficient (Wildman–Crippen LogP) is 3.09. The second-order valence-corrected chi connectivity index (χ2v) is 7.91. The number of benzene rings is 1. The highest BCUT2D eigenvalue weighted by atomic mass is 16.6. The molecule has 158 valence electrons. The molecule has 0 bridgehead atoms. The van der Waals surface area contributed by atoms with Crippen molar-refractivity contribution in [3.63, 3.8) is 0 Å². The zero-order valence-electron chi connectivity index (χ0n) is 17.2. The van der Waals surface area contributed by atoms with Gasteiger partial charge in [0.1, 0.15) is 6.10 Å². The third-order valence-corrected chi connectivity index (χ3v) is 5.82. The summed E-state index contributed by atoms with van der Waals surface area (Å²) in [5.74, 6) is -0.138. The van der Waals surface area contributed by atoms with E-state index in [0.717, 1.165) is 47.5 Å². The molecule has 2 amide bonds. The molecule has 1 aliphatic carbocycles. The smallest absolute Gasteiger partial charge is 0.414 e. The standard InChI is InChI=1S/C23H23N5O3/c1-14(29)25-12-18-13-28(23(30)31-18)17-5-6-19-16(11-17)3-2-4-20-21(26-27-22(19)20)15-7-9-24-10-8-15/h5-11,18H,2-4,12-13H2,1H3,(H,25,29)(H,26,27). The Kier molecular flexibility index (Phi) is 4.89. The van der Waals surface area contributed by atoms with Crippen molar-refractivity contribution in [3.05, 3.63) is 53.9 Å². The van der Waals surface area contributed by atoms with Crippen LogP contribution in [0.5, 0.6) is 0 Å². The first-order valence-electron chi connectivity index (χ1n) is 10.4. The number of fused-ring (bicyclic) bond motifs is 3. The van der Waals surface area contributed by atoms with Crippen molar-refractivity contribution in [2.24, 2.45) is 0 Å². The molecule has 2 aromatic heterocycles. The van der Waals surface area contributed by atoms with Gasteiger partial charge in [0.2, 0.25) is 5.91 Å². The fraction of sp³-hybridized carbons (Fsp3) is 0.304. The number of cyclic esters (lactones) is 1. The lowest BCUT2D eigenvalue weighted by Gasteiger charge is -2.16. The van der Waals surface area contributed by atoms with Gasteiger partial charge in [0.15, 0.2) is 0 Å². The SMILES string of the molecule is CC(=O)NCC1CN(c2ccc3c(c2)CCCc2c(-c4ccncc4)n[nH]c2-3)C(=O)O1. The molecular formula is C23H23N5O3. The minimum atomic E-state index is -0.383. The van der Waals surface area contributed by atoms with Gasteiger partial charge in [-0.3, -0.25) is 19.8 Å². The van der Waals surface area contributed by atoms with Crippen LogP contribution < -0.4 is 10.2 Å². The number of rotatable bonds is 4. The highest BCUT2D eigenvalue weighted by Crippen LogP contribution is 2.38. The number of carbonyl (C=O) groups excluding carboxylic acids is 2. The Morgan fingerprint density at radius 2 is 2.10 bits per heavy atom. The van der Waals surface area contributed by atoms with Gasteiger partial charge < -0.3 is 10.1 Å². The first-order chi connectivity index (χ1) is 15.1. The molecule has 3 heterocycles. The van der Waals surface area contributed by atoms with E-state index in [-0.39, 0.29) is 18.1 Å². The minimum Gasteiger partial charge on any atom is -0.442 e. The Bertz CT molecular complexity index is 1140. The molecular weight excluding hydrogens is 394 g/mol. The zero-order chi connectivity index (χ0) is 21.4. The van der Waals surface area contributed by atoms with Crippen LogP contribution in [0.15, 0.2) is 42.7 Å². The Morgan fingerprint density at radius 3 is 2.90 bits per heavy atom. The van der Waals surface area contributed by atoms with Crippen molar-refractivity contribution >= 4 is 17.7 Å². The van der Waals surface area contributed by atoms with E-state index in [1.54, 1.807) is 17.3 Å². The summed E-state index contributed by atoms with van der Waals surface area (Å²) in [7, 11) is 0. The summed E-state index contributed by atoms with van der Waals surface area (Å²) >= 11 is 0. The fourth-order valence-corrected chi connectivity index (χ4v) is 4.33. The molecule has 0 radical (unpaired) electrons. The van der Waals surface area contributed by atoms with Gasteiger partial charge in [-0.2, -0.15) is 5.10 Å². The van der Waals surface area contributed by atoms with Crippen molar-refractivity contribution < 1.29 is 14.3 Å². The van der Waals surface area contributed by atoms with E-state index in [0.29, 0.717) is 13.1 Å². The monoisotopic (exact) mass is 417 g/mol. The highest BCUT2D eigenvalue weighted by Gasteiger charge is 2.33. The van der Waals surface area contributed by atoms with Gasteiger partial charge in [-0.15, -0.1) is 0 Å². The third-order valence-electron chi connectivity index (χ3n) is 5.82. The maximum atomic E-state index is 12.4. The number of aromatic amines is 1. The van der Waals surface area contributed by atoms with Crippen LogP contribution in [0.2, 0.25) is 0 Å².